The van der Waals surface area contributed by atoms with Crippen molar-refractivity contribution in [2.75, 3.05) is 11.5 Å². The van der Waals surface area contributed by atoms with E-state index in [-0.39, 0.29) is 0 Å². The SMILES string of the molecule is CCC1OC(CC)C2CSCC12. The number of hydrogen-bond donors (Lipinski definition) is 0. The van der Waals surface area contributed by atoms with Crippen LogP contribution in [0.3, 0.4) is 0 Å². The van der Waals surface area contributed by atoms with Crippen LogP contribution in [-0.4, -0.2) is 23.7 Å². The Hall–Kier alpha value is 0.310. The summed E-state index contributed by atoms with van der Waals surface area (Å²) >= 11 is 2.12. The Morgan fingerprint density at radius 2 is 1.58 bits per heavy atom. The van der Waals surface area contributed by atoms with Gasteiger partial charge in [0, 0.05) is 11.8 Å². The highest BCUT2D eigenvalue weighted by Crippen LogP contribution is 2.44. The molecule has 2 heterocycles. The molecule has 2 heteroatoms. The van der Waals surface area contributed by atoms with Gasteiger partial charge in [-0.05, 0) is 24.3 Å². The number of thioether (sulfide) groups is 1. The van der Waals surface area contributed by atoms with Gasteiger partial charge in [0.2, 0.25) is 0 Å². The summed E-state index contributed by atoms with van der Waals surface area (Å²) in [7, 11) is 0. The molecule has 2 fully saturated rings. The van der Waals surface area contributed by atoms with Crippen molar-refractivity contribution in [3.8, 4) is 0 Å². The van der Waals surface area contributed by atoms with Crippen molar-refractivity contribution >= 4 is 11.8 Å². The van der Waals surface area contributed by atoms with Gasteiger partial charge in [0.15, 0.2) is 0 Å². The molecule has 4 unspecified atom stereocenters. The van der Waals surface area contributed by atoms with E-state index in [1.54, 1.807) is 0 Å². The van der Waals surface area contributed by atoms with Crippen LogP contribution >= 0.6 is 11.8 Å². The van der Waals surface area contributed by atoms with Crippen molar-refractivity contribution in [3.63, 3.8) is 0 Å². The quantitative estimate of drug-likeness (QED) is 0.655. The van der Waals surface area contributed by atoms with Crippen LogP contribution in [0.25, 0.3) is 0 Å². The second kappa shape index (κ2) is 3.59. The maximum Gasteiger partial charge on any atom is 0.0616 e. The first kappa shape index (κ1) is 8.89. The standard InChI is InChI=1S/C10H18OS/c1-3-9-7-5-12-6-8(7)10(4-2)11-9/h7-10H,3-6H2,1-2H3. The topological polar surface area (TPSA) is 9.23 Å². The van der Waals surface area contributed by atoms with Crippen LogP contribution in [0.5, 0.6) is 0 Å². The monoisotopic (exact) mass is 186 g/mol. The summed E-state index contributed by atoms with van der Waals surface area (Å²) < 4.78 is 6.01. The van der Waals surface area contributed by atoms with Gasteiger partial charge >= 0.3 is 0 Å². The summed E-state index contributed by atoms with van der Waals surface area (Å²) in [4.78, 5) is 0. The average molecular weight is 186 g/mol. The van der Waals surface area contributed by atoms with Crippen molar-refractivity contribution in [2.45, 2.75) is 38.9 Å². The molecule has 0 aromatic carbocycles. The molecule has 0 amide bonds. The van der Waals surface area contributed by atoms with Gasteiger partial charge in [-0.2, -0.15) is 11.8 Å². The van der Waals surface area contributed by atoms with Gasteiger partial charge in [-0.25, -0.2) is 0 Å². The number of fused-ring (bicyclic) bond motifs is 1. The molecular formula is C10H18OS. The summed E-state index contributed by atoms with van der Waals surface area (Å²) in [5.74, 6) is 4.45. The van der Waals surface area contributed by atoms with Crippen LogP contribution in [0.1, 0.15) is 26.7 Å². The van der Waals surface area contributed by atoms with Crippen LogP contribution in [0.15, 0.2) is 0 Å². The molecule has 0 bridgehead atoms. The fourth-order valence-electron chi connectivity index (χ4n) is 2.58. The largest absolute Gasteiger partial charge is 0.374 e. The first-order valence-electron chi connectivity index (χ1n) is 5.10. The molecule has 2 aliphatic rings. The maximum atomic E-state index is 6.01. The van der Waals surface area contributed by atoms with Crippen LogP contribution in [0.4, 0.5) is 0 Å². The van der Waals surface area contributed by atoms with E-state index in [0.717, 1.165) is 11.8 Å². The molecule has 0 saturated carbocycles. The third kappa shape index (κ3) is 1.29. The van der Waals surface area contributed by atoms with E-state index in [4.69, 9.17) is 4.74 Å². The Morgan fingerprint density at radius 1 is 1.08 bits per heavy atom. The van der Waals surface area contributed by atoms with Crippen LogP contribution in [0, 0.1) is 11.8 Å². The van der Waals surface area contributed by atoms with Crippen molar-refractivity contribution in [3.05, 3.63) is 0 Å². The first-order valence-corrected chi connectivity index (χ1v) is 6.25. The second-order valence-electron chi connectivity index (χ2n) is 3.89. The maximum absolute atomic E-state index is 6.01. The van der Waals surface area contributed by atoms with E-state index < -0.39 is 0 Å². The van der Waals surface area contributed by atoms with Gasteiger partial charge in [-0.1, -0.05) is 13.8 Å². The fraction of sp³-hybridized carbons (Fsp3) is 1.00. The summed E-state index contributed by atoms with van der Waals surface area (Å²) in [6.45, 7) is 4.51. The molecule has 0 spiro atoms. The lowest BCUT2D eigenvalue weighted by molar-refractivity contribution is 0.0272. The highest BCUT2D eigenvalue weighted by atomic mass is 32.2. The lowest BCUT2D eigenvalue weighted by Crippen LogP contribution is -2.19. The summed E-state index contributed by atoms with van der Waals surface area (Å²) in [5.41, 5.74) is 0. The minimum atomic E-state index is 0.579. The van der Waals surface area contributed by atoms with Gasteiger partial charge in [0.05, 0.1) is 12.2 Å². The predicted octanol–water partition coefficient (Wildman–Crippen LogP) is 2.55. The molecule has 70 valence electrons. The molecule has 2 aliphatic heterocycles. The van der Waals surface area contributed by atoms with E-state index in [0.29, 0.717) is 12.2 Å². The molecule has 0 N–H and O–H groups in total. The zero-order valence-corrected chi connectivity index (χ0v) is 8.77. The van der Waals surface area contributed by atoms with Crippen molar-refractivity contribution in [2.24, 2.45) is 11.8 Å². The van der Waals surface area contributed by atoms with Gasteiger partial charge in [0.25, 0.3) is 0 Å². The fourth-order valence-corrected chi connectivity index (χ4v) is 4.18. The van der Waals surface area contributed by atoms with Gasteiger partial charge < -0.3 is 4.74 Å². The molecule has 1 nitrogen and oxygen atoms in total. The molecule has 0 aromatic heterocycles. The van der Waals surface area contributed by atoms with E-state index in [2.05, 4.69) is 25.6 Å². The highest BCUT2D eigenvalue weighted by molar-refractivity contribution is 7.99. The minimum Gasteiger partial charge on any atom is -0.374 e. The Balaban J connectivity index is 2.05. The van der Waals surface area contributed by atoms with Gasteiger partial charge in [-0.3, -0.25) is 0 Å². The van der Waals surface area contributed by atoms with Gasteiger partial charge in [-0.15, -0.1) is 0 Å². The van der Waals surface area contributed by atoms with Crippen LogP contribution in [-0.2, 0) is 4.74 Å². The van der Waals surface area contributed by atoms with Crippen molar-refractivity contribution in [1.82, 2.24) is 0 Å². The van der Waals surface area contributed by atoms with Gasteiger partial charge in [0.1, 0.15) is 0 Å². The molecule has 4 atom stereocenters. The van der Waals surface area contributed by atoms with Crippen molar-refractivity contribution < 1.29 is 4.74 Å². The Morgan fingerprint density at radius 3 is 2.00 bits per heavy atom. The van der Waals surface area contributed by atoms with E-state index in [1.165, 1.54) is 24.3 Å². The Kier molecular flexibility index (Phi) is 2.66. The zero-order valence-electron chi connectivity index (χ0n) is 7.95. The molecule has 2 rings (SSSR count). The normalized spacial score (nSPS) is 46.5. The predicted molar refractivity (Wildman–Crippen MR) is 53.5 cm³/mol. The lowest BCUT2D eigenvalue weighted by atomic mass is 9.89. The van der Waals surface area contributed by atoms with Crippen molar-refractivity contribution in [1.29, 1.82) is 0 Å². The molecule has 2 saturated heterocycles. The molecule has 12 heavy (non-hydrogen) atoms. The van der Waals surface area contributed by atoms with Crippen LogP contribution < -0.4 is 0 Å². The van der Waals surface area contributed by atoms with E-state index in [9.17, 15) is 0 Å². The summed E-state index contributed by atoms with van der Waals surface area (Å²) in [6.07, 6.45) is 3.57. The summed E-state index contributed by atoms with van der Waals surface area (Å²) in [5, 5.41) is 0. The molecular weight excluding hydrogens is 168 g/mol. The van der Waals surface area contributed by atoms with E-state index in [1.807, 2.05) is 0 Å². The second-order valence-corrected chi connectivity index (χ2v) is 4.97. The van der Waals surface area contributed by atoms with E-state index >= 15 is 0 Å². The molecule has 0 aliphatic carbocycles. The number of rotatable bonds is 2. The minimum absolute atomic E-state index is 0.579. The lowest BCUT2D eigenvalue weighted by Gasteiger charge is -2.13. The third-order valence-electron chi connectivity index (χ3n) is 3.28. The highest BCUT2D eigenvalue weighted by Gasteiger charge is 2.45. The molecule has 0 aromatic rings. The third-order valence-corrected chi connectivity index (χ3v) is 4.52. The summed E-state index contributed by atoms with van der Waals surface area (Å²) in [6, 6.07) is 0. The number of hydrogen-bond acceptors (Lipinski definition) is 2. The smallest absolute Gasteiger partial charge is 0.0616 e. The molecule has 0 radical (unpaired) electrons. The number of ether oxygens (including phenoxy) is 1. The Bertz CT molecular complexity index is 144. The Labute approximate surface area is 79.2 Å². The van der Waals surface area contributed by atoms with Crippen LogP contribution in [0.2, 0.25) is 0 Å². The average Bonchev–Trinajstić information content (AvgIpc) is 2.63. The first-order chi connectivity index (χ1) is 5.86. The zero-order chi connectivity index (χ0) is 8.55.